The van der Waals surface area contributed by atoms with E-state index in [1.807, 2.05) is 6.26 Å². The molecule has 0 rings (SSSR count). The highest BCUT2D eigenvalue weighted by Crippen LogP contribution is 1.98. The summed E-state index contributed by atoms with van der Waals surface area (Å²) in [5.41, 5.74) is 0. The first-order valence-electron chi connectivity index (χ1n) is 3.58. The van der Waals surface area contributed by atoms with E-state index in [4.69, 9.17) is 5.11 Å². The second-order valence-electron chi connectivity index (χ2n) is 2.63. The number of carboxylic acid groups (broad SMARTS) is 1. The summed E-state index contributed by atoms with van der Waals surface area (Å²) in [4.78, 5) is 10.1. The third-order valence-electron chi connectivity index (χ3n) is 1.11. The summed E-state index contributed by atoms with van der Waals surface area (Å²) in [5, 5.41) is 8.27. The van der Waals surface area contributed by atoms with Gasteiger partial charge in [-0.15, -0.1) is 0 Å². The van der Waals surface area contributed by atoms with E-state index in [2.05, 4.69) is 4.72 Å². The third kappa shape index (κ3) is 6.85. The maximum atomic E-state index is 11.0. The largest absolute Gasteiger partial charge is 0.480 e. The van der Waals surface area contributed by atoms with Crippen LogP contribution in [0.2, 0.25) is 0 Å². The predicted molar refractivity (Wildman–Crippen MR) is 52.4 cm³/mol. The van der Waals surface area contributed by atoms with Gasteiger partial charge in [-0.2, -0.15) is 11.8 Å². The number of hydrogen-bond acceptors (Lipinski definition) is 4. The summed E-state index contributed by atoms with van der Waals surface area (Å²) in [6.07, 6.45) is 1.85. The van der Waals surface area contributed by atoms with Crippen LogP contribution in [0.25, 0.3) is 0 Å². The third-order valence-corrected chi connectivity index (χ3v) is 3.33. The first-order valence-corrected chi connectivity index (χ1v) is 6.62. The first kappa shape index (κ1) is 12.7. The van der Waals surface area contributed by atoms with Gasteiger partial charge in [0.25, 0.3) is 0 Å². The molecule has 0 spiro atoms. The summed E-state index contributed by atoms with van der Waals surface area (Å²) in [7, 11) is -3.67. The molecule has 7 heteroatoms. The zero-order chi connectivity index (χ0) is 10.5. The van der Waals surface area contributed by atoms with Crippen LogP contribution in [0.1, 0.15) is 6.92 Å². The number of thioether (sulfide) groups is 1. The summed E-state index contributed by atoms with van der Waals surface area (Å²) >= 11 is 1.49. The number of rotatable bonds is 6. The number of aliphatic carboxylic acids is 1. The Labute approximate surface area is 82.0 Å². The van der Waals surface area contributed by atoms with Gasteiger partial charge in [-0.05, 0) is 13.2 Å². The number of carboxylic acids is 1. The van der Waals surface area contributed by atoms with E-state index in [-0.39, 0.29) is 6.04 Å². The molecule has 0 aromatic carbocycles. The van der Waals surface area contributed by atoms with E-state index >= 15 is 0 Å². The monoisotopic (exact) mass is 227 g/mol. The van der Waals surface area contributed by atoms with Crippen LogP contribution in [0.4, 0.5) is 0 Å². The van der Waals surface area contributed by atoms with Gasteiger partial charge in [-0.3, -0.25) is 4.79 Å². The van der Waals surface area contributed by atoms with Crippen LogP contribution in [0, 0.1) is 0 Å². The first-order chi connectivity index (χ1) is 5.87. The van der Waals surface area contributed by atoms with Gasteiger partial charge < -0.3 is 5.11 Å². The predicted octanol–water partition coefficient (Wildman–Crippen LogP) is -0.258. The molecule has 78 valence electrons. The lowest BCUT2D eigenvalue weighted by atomic mass is 10.4. The van der Waals surface area contributed by atoms with Crippen molar-refractivity contribution in [1.82, 2.24) is 4.72 Å². The van der Waals surface area contributed by atoms with Crippen molar-refractivity contribution in [3.8, 4) is 0 Å². The Balaban J connectivity index is 4.10. The summed E-state index contributed by atoms with van der Waals surface area (Å²) in [6, 6.07) is -0.237. The Kier molecular flexibility index (Phi) is 5.34. The van der Waals surface area contributed by atoms with Gasteiger partial charge >= 0.3 is 5.97 Å². The molecule has 0 aliphatic carbocycles. The Hall–Kier alpha value is -0.270. The van der Waals surface area contributed by atoms with Crippen LogP contribution < -0.4 is 4.72 Å². The van der Waals surface area contributed by atoms with Crippen molar-refractivity contribution in [2.75, 3.05) is 17.8 Å². The van der Waals surface area contributed by atoms with Gasteiger partial charge in [-0.1, -0.05) is 0 Å². The topological polar surface area (TPSA) is 83.5 Å². The summed E-state index contributed by atoms with van der Waals surface area (Å²) in [6.45, 7) is 1.69. The second kappa shape index (κ2) is 5.46. The van der Waals surface area contributed by atoms with Crippen molar-refractivity contribution in [3.05, 3.63) is 0 Å². The zero-order valence-corrected chi connectivity index (χ0v) is 9.11. The van der Waals surface area contributed by atoms with Crippen molar-refractivity contribution in [1.29, 1.82) is 0 Å². The molecule has 1 atom stereocenters. The van der Waals surface area contributed by atoms with E-state index in [1.165, 1.54) is 11.8 Å². The van der Waals surface area contributed by atoms with E-state index in [0.29, 0.717) is 5.75 Å². The Bertz CT molecular complexity index is 262. The molecule has 13 heavy (non-hydrogen) atoms. The Morgan fingerprint density at radius 2 is 2.15 bits per heavy atom. The molecule has 0 saturated carbocycles. The maximum absolute atomic E-state index is 11.0. The standard InChI is InChI=1S/C6H13NO4S2/c1-5(3-12-2)7-13(10,11)4-6(8)9/h5,7H,3-4H2,1-2H3,(H,8,9). The lowest BCUT2D eigenvalue weighted by Crippen LogP contribution is -2.37. The number of carbonyl (C=O) groups is 1. The average Bonchev–Trinajstić information content (AvgIpc) is 1.81. The molecule has 0 saturated heterocycles. The number of hydrogen-bond donors (Lipinski definition) is 2. The SMILES string of the molecule is CSCC(C)NS(=O)(=O)CC(=O)O. The van der Waals surface area contributed by atoms with E-state index in [1.54, 1.807) is 6.92 Å². The van der Waals surface area contributed by atoms with Gasteiger partial charge in [-0.25, -0.2) is 13.1 Å². The molecule has 1 unspecified atom stereocenters. The smallest absolute Gasteiger partial charge is 0.320 e. The molecule has 0 aromatic rings. The van der Waals surface area contributed by atoms with Crippen LogP contribution in [-0.2, 0) is 14.8 Å². The highest BCUT2D eigenvalue weighted by atomic mass is 32.2. The molecule has 5 nitrogen and oxygen atoms in total. The summed E-state index contributed by atoms with van der Waals surface area (Å²) < 4.78 is 24.3. The molecule has 0 amide bonds. The minimum Gasteiger partial charge on any atom is -0.480 e. The molecule has 0 aromatic heterocycles. The molecule has 0 heterocycles. The highest BCUT2D eigenvalue weighted by molar-refractivity contribution is 7.98. The summed E-state index contributed by atoms with van der Waals surface area (Å²) in [5.74, 6) is -1.59. The van der Waals surface area contributed by atoms with Gasteiger partial charge in [0.05, 0.1) is 0 Å². The average molecular weight is 227 g/mol. The van der Waals surface area contributed by atoms with Crippen molar-refractivity contribution >= 4 is 27.8 Å². The van der Waals surface area contributed by atoms with Crippen LogP contribution in [0.15, 0.2) is 0 Å². The van der Waals surface area contributed by atoms with E-state index in [0.717, 1.165) is 0 Å². The van der Waals surface area contributed by atoms with Crippen LogP contribution in [0.5, 0.6) is 0 Å². The van der Waals surface area contributed by atoms with Crippen LogP contribution in [-0.4, -0.2) is 43.3 Å². The minimum atomic E-state index is -3.67. The lowest BCUT2D eigenvalue weighted by Gasteiger charge is -2.11. The van der Waals surface area contributed by atoms with Crippen molar-refractivity contribution < 1.29 is 18.3 Å². The normalized spacial score (nSPS) is 14.0. The molecule has 0 radical (unpaired) electrons. The molecule has 0 bridgehead atoms. The number of sulfonamides is 1. The van der Waals surface area contributed by atoms with Crippen molar-refractivity contribution in [2.45, 2.75) is 13.0 Å². The number of nitrogens with one attached hydrogen (secondary N) is 1. The molecular weight excluding hydrogens is 214 g/mol. The molecular formula is C6H13NO4S2. The molecule has 0 aliphatic rings. The fraction of sp³-hybridized carbons (Fsp3) is 0.833. The van der Waals surface area contributed by atoms with Gasteiger partial charge in [0.15, 0.2) is 5.75 Å². The minimum absolute atomic E-state index is 0.237. The Morgan fingerprint density at radius 1 is 1.62 bits per heavy atom. The van der Waals surface area contributed by atoms with Crippen molar-refractivity contribution in [2.24, 2.45) is 0 Å². The fourth-order valence-corrected chi connectivity index (χ4v) is 2.59. The maximum Gasteiger partial charge on any atom is 0.320 e. The van der Waals surface area contributed by atoms with Crippen molar-refractivity contribution in [3.63, 3.8) is 0 Å². The zero-order valence-electron chi connectivity index (χ0n) is 7.48. The van der Waals surface area contributed by atoms with E-state index in [9.17, 15) is 13.2 Å². The van der Waals surface area contributed by atoms with E-state index < -0.39 is 21.7 Å². The lowest BCUT2D eigenvalue weighted by molar-refractivity contribution is -0.134. The Morgan fingerprint density at radius 3 is 2.54 bits per heavy atom. The van der Waals surface area contributed by atoms with Crippen LogP contribution >= 0.6 is 11.8 Å². The highest BCUT2D eigenvalue weighted by Gasteiger charge is 2.17. The van der Waals surface area contributed by atoms with Gasteiger partial charge in [0, 0.05) is 11.8 Å². The molecule has 2 N–H and O–H groups in total. The molecule has 0 aliphatic heterocycles. The second-order valence-corrected chi connectivity index (χ2v) is 5.29. The van der Waals surface area contributed by atoms with Crippen LogP contribution in [0.3, 0.4) is 0 Å². The van der Waals surface area contributed by atoms with Gasteiger partial charge in [0.1, 0.15) is 0 Å². The fourth-order valence-electron chi connectivity index (χ4n) is 0.795. The van der Waals surface area contributed by atoms with Gasteiger partial charge in [0.2, 0.25) is 10.0 Å². The molecule has 0 fully saturated rings. The quantitative estimate of drug-likeness (QED) is 0.653.